The molecule has 1 aliphatic heterocycles. The normalized spacial score (nSPS) is 23.2. The van der Waals surface area contributed by atoms with Gasteiger partial charge in [0.15, 0.2) is 0 Å². The maximum absolute atomic E-state index is 5.71. The highest BCUT2D eigenvalue weighted by atomic mass is 16.5. The van der Waals surface area contributed by atoms with Crippen LogP contribution in [0, 0.1) is 0 Å². The van der Waals surface area contributed by atoms with E-state index in [0.717, 1.165) is 32.0 Å². The Labute approximate surface area is 89.8 Å². The van der Waals surface area contributed by atoms with Crippen molar-refractivity contribution in [1.29, 1.82) is 0 Å². The van der Waals surface area contributed by atoms with Crippen LogP contribution in [0.15, 0.2) is 12.3 Å². The van der Waals surface area contributed by atoms with Crippen molar-refractivity contribution in [3.63, 3.8) is 0 Å². The van der Waals surface area contributed by atoms with Crippen molar-refractivity contribution in [2.24, 2.45) is 12.8 Å². The lowest BCUT2D eigenvalue weighted by Crippen LogP contribution is -2.48. The molecule has 1 fully saturated rings. The Morgan fingerprint density at radius 1 is 1.67 bits per heavy atom. The molecule has 15 heavy (non-hydrogen) atoms. The minimum atomic E-state index is 0.334. The van der Waals surface area contributed by atoms with Crippen molar-refractivity contribution in [2.45, 2.75) is 12.6 Å². The summed E-state index contributed by atoms with van der Waals surface area (Å²) in [6.07, 6.45) is 1.97. The highest BCUT2D eigenvalue weighted by molar-refractivity contribution is 4.99. The first-order chi connectivity index (χ1) is 7.29. The van der Waals surface area contributed by atoms with E-state index in [1.165, 1.54) is 0 Å². The minimum absolute atomic E-state index is 0.334. The van der Waals surface area contributed by atoms with Crippen LogP contribution in [0.1, 0.15) is 5.69 Å². The third-order valence-corrected chi connectivity index (χ3v) is 2.76. The van der Waals surface area contributed by atoms with Crippen molar-refractivity contribution >= 4 is 0 Å². The van der Waals surface area contributed by atoms with Gasteiger partial charge in [-0.15, -0.1) is 0 Å². The molecule has 1 atom stereocenters. The van der Waals surface area contributed by atoms with Gasteiger partial charge in [0.05, 0.1) is 18.9 Å². The second kappa shape index (κ2) is 4.74. The summed E-state index contributed by atoms with van der Waals surface area (Å²) in [7, 11) is 1.93. The Balaban J connectivity index is 1.97. The Morgan fingerprint density at radius 2 is 2.53 bits per heavy atom. The molecule has 2 N–H and O–H groups in total. The van der Waals surface area contributed by atoms with Gasteiger partial charge in [0.2, 0.25) is 0 Å². The second-order valence-electron chi connectivity index (χ2n) is 3.92. The van der Waals surface area contributed by atoms with Crippen molar-refractivity contribution < 1.29 is 4.74 Å². The molecule has 0 radical (unpaired) electrons. The number of rotatable bonds is 3. The van der Waals surface area contributed by atoms with Crippen molar-refractivity contribution in [1.82, 2.24) is 14.7 Å². The molecular formula is C10H18N4O. The molecule has 2 rings (SSSR count). The van der Waals surface area contributed by atoms with Crippen molar-refractivity contribution in [3.05, 3.63) is 18.0 Å². The first-order valence-electron chi connectivity index (χ1n) is 5.30. The van der Waals surface area contributed by atoms with Gasteiger partial charge in [-0.1, -0.05) is 0 Å². The topological polar surface area (TPSA) is 56.3 Å². The van der Waals surface area contributed by atoms with E-state index in [1.54, 1.807) is 0 Å². The molecule has 0 saturated carbocycles. The first kappa shape index (κ1) is 10.6. The van der Waals surface area contributed by atoms with Crippen LogP contribution in [0.5, 0.6) is 0 Å². The van der Waals surface area contributed by atoms with E-state index in [4.69, 9.17) is 10.5 Å². The number of nitrogens with zero attached hydrogens (tertiary/aromatic N) is 3. The Bertz CT molecular complexity index is 312. The molecule has 84 valence electrons. The molecule has 1 aliphatic rings. The van der Waals surface area contributed by atoms with Crippen LogP contribution in [0.25, 0.3) is 0 Å². The number of hydrogen-bond acceptors (Lipinski definition) is 4. The van der Waals surface area contributed by atoms with E-state index in [2.05, 4.69) is 10.00 Å². The Morgan fingerprint density at radius 3 is 3.20 bits per heavy atom. The summed E-state index contributed by atoms with van der Waals surface area (Å²) < 4.78 is 7.23. The molecule has 0 amide bonds. The number of morpholine rings is 1. The van der Waals surface area contributed by atoms with E-state index >= 15 is 0 Å². The summed E-state index contributed by atoms with van der Waals surface area (Å²) in [6.45, 7) is 3.99. The molecule has 2 heterocycles. The molecule has 0 spiro atoms. The van der Waals surface area contributed by atoms with Crippen LogP contribution in [0.2, 0.25) is 0 Å². The smallest absolute Gasteiger partial charge is 0.0764 e. The van der Waals surface area contributed by atoms with E-state index < -0.39 is 0 Å². The second-order valence-corrected chi connectivity index (χ2v) is 3.92. The van der Waals surface area contributed by atoms with E-state index in [-0.39, 0.29) is 0 Å². The molecule has 1 saturated heterocycles. The third-order valence-electron chi connectivity index (χ3n) is 2.76. The number of aryl methyl sites for hydroxylation is 1. The average Bonchev–Trinajstić information content (AvgIpc) is 2.65. The zero-order chi connectivity index (χ0) is 10.7. The lowest BCUT2D eigenvalue weighted by Gasteiger charge is -2.34. The fourth-order valence-corrected chi connectivity index (χ4v) is 1.87. The first-order valence-corrected chi connectivity index (χ1v) is 5.30. The summed E-state index contributed by atoms with van der Waals surface area (Å²) in [5.74, 6) is 0. The lowest BCUT2D eigenvalue weighted by molar-refractivity contribution is -0.00851. The van der Waals surface area contributed by atoms with Gasteiger partial charge in [0.1, 0.15) is 0 Å². The number of nitrogens with two attached hydrogens (primary N) is 1. The monoisotopic (exact) mass is 210 g/mol. The summed E-state index contributed by atoms with van der Waals surface area (Å²) >= 11 is 0. The van der Waals surface area contributed by atoms with Crippen LogP contribution >= 0.6 is 0 Å². The molecule has 0 aliphatic carbocycles. The molecule has 0 bridgehead atoms. The van der Waals surface area contributed by atoms with Gasteiger partial charge in [-0.2, -0.15) is 5.10 Å². The molecular weight excluding hydrogens is 192 g/mol. The number of hydrogen-bond donors (Lipinski definition) is 1. The van der Waals surface area contributed by atoms with Crippen LogP contribution in [0.4, 0.5) is 0 Å². The quantitative estimate of drug-likeness (QED) is 0.736. The largest absolute Gasteiger partial charge is 0.378 e. The molecule has 1 unspecified atom stereocenters. The van der Waals surface area contributed by atoms with Gasteiger partial charge in [-0.25, -0.2) is 0 Å². The Kier molecular flexibility index (Phi) is 3.35. The van der Waals surface area contributed by atoms with E-state index in [1.807, 2.05) is 24.0 Å². The van der Waals surface area contributed by atoms with Crippen molar-refractivity contribution in [2.75, 3.05) is 26.3 Å². The van der Waals surface area contributed by atoms with Gasteiger partial charge in [-0.3, -0.25) is 9.58 Å². The SMILES string of the molecule is Cn1ccc(CN2CCOCC2CN)n1. The highest BCUT2D eigenvalue weighted by Gasteiger charge is 2.22. The maximum Gasteiger partial charge on any atom is 0.0764 e. The Hall–Kier alpha value is -0.910. The molecule has 1 aromatic rings. The number of aromatic nitrogens is 2. The van der Waals surface area contributed by atoms with Crippen molar-refractivity contribution in [3.8, 4) is 0 Å². The lowest BCUT2D eigenvalue weighted by atomic mass is 10.2. The summed E-state index contributed by atoms with van der Waals surface area (Å²) in [6, 6.07) is 2.38. The predicted octanol–water partition coefficient (Wildman–Crippen LogP) is -0.420. The molecule has 5 nitrogen and oxygen atoms in total. The average molecular weight is 210 g/mol. The summed E-state index contributed by atoms with van der Waals surface area (Å²) in [5, 5.41) is 4.37. The number of ether oxygens (including phenoxy) is 1. The van der Waals surface area contributed by atoms with Gasteiger partial charge in [0.25, 0.3) is 0 Å². The molecule has 5 heteroatoms. The standard InChI is InChI=1S/C10H18N4O/c1-13-3-2-9(12-13)7-14-4-5-15-8-10(14)6-11/h2-3,10H,4-8,11H2,1H3. The minimum Gasteiger partial charge on any atom is -0.378 e. The van der Waals surface area contributed by atoms with Gasteiger partial charge < -0.3 is 10.5 Å². The summed E-state index contributed by atoms with van der Waals surface area (Å²) in [4.78, 5) is 2.34. The fraction of sp³-hybridized carbons (Fsp3) is 0.700. The van der Waals surface area contributed by atoms with Gasteiger partial charge in [0, 0.05) is 38.9 Å². The van der Waals surface area contributed by atoms with Crippen LogP contribution in [-0.2, 0) is 18.3 Å². The van der Waals surface area contributed by atoms with Crippen LogP contribution < -0.4 is 5.73 Å². The fourth-order valence-electron chi connectivity index (χ4n) is 1.87. The summed E-state index contributed by atoms with van der Waals surface area (Å²) in [5.41, 5.74) is 6.80. The highest BCUT2D eigenvalue weighted by Crippen LogP contribution is 2.10. The van der Waals surface area contributed by atoms with Crippen LogP contribution in [0.3, 0.4) is 0 Å². The third kappa shape index (κ3) is 2.56. The zero-order valence-corrected chi connectivity index (χ0v) is 9.09. The van der Waals surface area contributed by atoms with Gasteiger partial charge in [-0.05, 0) is 6.07 Å². The zero-order valence-electron chi connectivity index (χ0n) is 9.09. The van der Waals surface area contributed by atoms with Gasteiger partial charge >= 0.3 is 0 Å². The molecule has 0 aromatic carbocycles. The van der Waals surface area contributed by atoms with E-state index in [9.17, 15) is 0 Å². The predicted molar refractivity (Wildman–Crippen MR) is 57.3 cm³/mol. The molecule has 1 aromatic heterocycles. The van der Waals surface area contributed by atoms with E-state index in [0.29, 0.717) is 12.6 Å². The van der Waals surface area contributed by atoms with Crippen LogP contribution in [-0.4, -0.2) is 47.0 Å². The maximum atomic E-state index is 5.71.